The molecule has 0 saturated carbocycles. The molecule has 0 spiro atoms. The molecule has 2 heterocycles. The highest BCUT2D eigenvalue weighted by Crippen LogP contribution is 2.39. The number of hydrogen-bond acceptors (Lipinski definition) is 6. The number of aromatic nitrogens is 2. The maximum absolute atomic E-state index is 14.8. The van der Waals surface area contributed by atoms with Crippen LogP contribution >= 0.6 is 0 Å². The summed E-state index contributed by atoms with van der Waals surface area (Å²) in [5.41, 5.74) is 11.6. The van der Waals surface area contributed by atoms with Crippen molar-refractivity contribution in [3.8, 4) is 5.69 Å². The number of aliphatic hydroxyl groups is 1. The quantitative estimate of drug-likeness (QED) is 0.270. The Kier molecular flexibility index (Phi) is 7.82. The standard InChI is InChI=1S/C31H33F3N6O3/c1-19-13-26(24-16-37-40(27(24)14-19)23-10-5-8-22(15-23)29(36)42)39(20(2)28(35)41)18-30(43,31(32,33)34)17-38-12-6-9-21-7-3-4-11-25(21)38/h3-5,7-8,10-11,13-16,20,43H,6,9,12,17-18H2,1-2H3,(H2,35,41)(H2,36,42)/t20-,30?/m0/s1. The first kappa shape index (κ1) is 29.9. The Morgan fingerprint density at radius 3 is 2.53 bits per heavy atom. The maximum atomic E-state index is 14.8. The van der Waals surface area contributed by atoms with Gasteiger partial charge in [0.2, 0.25) is 11.8 Å². The maximum Gasteiger partial charge on any atom is 0.420 e. The van der Waals surface area contributed by atoms with Gasteiger partial charge in [0.25, 0.3) is 0 Å². The molecule has 2 amide bonds. The molecule has 2 atom stereocenters. The molecule has 5 rings (SSSR count). The van der Waals surface area contributed by atoms with Crippen molar-refractivity contribution in [2.24, 2.45) is 11.5 Å². The lowest BCUT2D eigenvalue weighted by atomic mass is 9.95. The molecule has 226 valence electrons. The largest absolute Gasteiger partial charge is 0.420 e. The Labute approximate surface area is 246 Å². The van der Waals surface area contributed by atoms with Crippen LogP contribution in [0.1, 0.15) is 34.8 Å². The van der Waals surface area contributed by atoms with Crippen molar-refractivity contribution in [3.63, 3.8) is 0 Å². The normalized spacial score (nSPS) is 15.5. The number of amides is 2. The smallest absolute Gasteiger partial charge is 0.378 e. The Hall–Kier alpha value is -4.58. The first-order chi connectivity index (χ1) is 20.3. The van der Waals surface area contributed by atoms with E-state index < -0.39 is 42.7 Å². The number of alkyl halides is 3. The molecule has 5 N–H and O–H groups in total. The van der Waals surface area contributed by atoms with Gasteiger partial charge in [-0.25, -0.2) is 4.68 Å². The molecule has 1 aliphatic heterocycles. The van der Waals surface area contributed by atoms with Crippen LogP contribution in [-0.4, -0.2) is 64.2 Å². The second kappa shape index (κ2) is 11.3. The van der Waals surface area contributed by atoms with E-state index in [0.717, 1.165) is 12.0 Å². The van der Waals surface area contributed by atoms with Gasteiger partial charge in [-0.05, 0) is 74.2 Å². The Morgan fingerprint density at radius 1 is 1.09 bits per heavy atom. The fourth-order valence-corrected chi connectivity index (χ4v) is 5.67. The number of nitrogens with zero attached hydrogens (tertiary/aromatic N) is 4. The summed E-state index contributed by atoms with van der Waals surface area (Å²) in [5, 5.41) is 16.3. The van der Waals surface area contributed by atoms with Crippen molar-refractivity contribution in [3.05, 3.63) is 83.6 Å². The van der Waals surface area contributed by atoms with Crippen LogP contribution in [0.3, 0.4) is 0 Å². The number of hydrogen-bond donors (Lipinski definition) is 3. The topological polar surface area (TPSA) is 131 Å². The van der Waals surface area contributed by atoms with Crippen LogP contribution < -0.4 is 21.3 Å². The molecule has 12 heteroatoms. The van der Waals surface area contributed by atoms with Gasteiger partial charge in [0, 0.05) is 28.9 Å². The Morgan fingerprint density at radius 2 is 1.84 bits per heavy atom. The van der Waals surface area contributed by atoms with Gasteiger partial charge in [-0.2, -0.15) is 18.3 Å². The number of nitrogens with two attached hydrogens (primary N) is 2. The van der Waals surface area contributed by atoms with Crippen molar-refractivity contribution < 1.29 is 27.9 Å². The number of para-hydroxylation sites is 1. The average Bonchev–Trinajstić information content (AvgIpc) is 3.38. The number of anilines is 2. The number of primary amides is 2. The predicted octanol–water partition coefficient (Wildman–Crippen LogP) is 3.86. The lowest BCUT2D eigenvalue weighted by molar-refractivity contribution is -0.252. The minimum atomic E-state index is -5.04. The second-order valence-electron chi connectivity index (χ2n) is 11.1. The lowest BCUT2D eigenvalue weighted by Gasteiger charge is -2.43. The number of carbonyl (C=O) groups excluding carboxylic acids is 2. The first-order valence-electron chi connectivity index (χ1n) is 13.9. The fraction of sp³-hybridized carbons (Fsp3) is 0.323. The molecule has 1 unspecified atom stereocenters. The number of fused-ring (bicyclic) bond motifs is 2. The molecular weight excluding hydrogens is 561 g/mol. The van der Waals surface area contributed by atoms with Gasteiger partial charge in [-0.15, -0.1) is 0 Å². The average molecular weight is 595 g/mol. The van der Waals surface area contributed by atoms with Crippen molar-refractivity contribution >= 4 is 34.1 Å². The van der Waals surface area contributed by atoms with E-state index in [4.69, 9.17) is 11.5 Å². The summed E-state index contributed by atoms with van der Waals surface area (Å²) in [6.07, 6.45) is -2.21. The summed E-state index contributed by atoms with van der Waals surface area (Å²) in [6.45, 7) is 1.81. The molecule has 0 fully saturated rings. The predicted molar refractivity (Wildman–Crippen MR) is 158 cm³/mol. The SMILES string of the molecule is Cc1cc(N(CC(O)(CN2CCCc3ccccc32)C(F)(F)F)[C@@H](C)C(N)=O)c2cnn(-c3cccc(C(N)=O)c3)c2c1. The highest BCUT2D eigenvalue weighted by atomic mass is 19.4. The van der Waals surface area contributed by atoms with E-state index >= 15 is 0 Å². The zero-order valence-corrected chi connectivity index (χ0v) is 23.8. The molecule has 3 aromatic carbocycles. The van der Waals surface area contributed by atoms with Gasteiger partial charge in [-0.3, -0.25) is 9.59 Å². The molecule has 0 saturated heterocycles. The molecule has 4 aromatic rings. The summed E-state index contributed by atoms with van der Waals surface area (Å²) in [7, 11) is 0. The van der Waals surface area contributed by atoms with Crippen LogP contribution in [0.4, 0.5) is 24.5 Å². The summed E-state index contributed by atoms with van der Waals surface area (Å²) in [5.74, 6) is -1.48. The summed E-state index contributed by atoms with van der Waals surface area (Å²) in [4.78, 5) is 27.0. The summed E-state index contributed by atoms with van der Waals surface area (Å²) < 4.78 is 46.0. The van der Waals surface area contributed by atoms with Crippen LogP contribution in [0, 0.1) is 6.92 Å². The van der Waals surface area contributed by atoms with Gasteiger partial charge in [0.05, 0.1) is 30.5 Å². The van der Waals surface area contributed by atoms with Gasteiger partial charge in [0.1, 0.15) is 6.04 Å². The molecule has 1 aromatic heterocycles. The highest BCUT2D eigenvalue weighted by molar-refractivity contribution is 5.97. The monoisotopic (exact) mass is 594 g/mol. The summed E-state index contributed by atoms with van der Waals surface area (Å²) in [6, 6.07) is 15.9. The van der Waals surface area contributed by atoms with Crippen LogP contribution in [0.5, 0.6) is 0 Å². The first-order valence-corrected chi connectivity index (χ1v) is 13.9. The van der Waals surface area contributed by atoms with Crippen molar-refractivity contribution in [2.75, 3.05) is 29.4 Å². The minimum absolute atomic E-state index is 0.250. The molecule has 0 aliphatic carbocycles. The van der Waals surface area contributed by atoms with Crippen molar-refractivity contribution in [2.45, 2.75) is 44.5 Å². The number of halogens is 3. The van der Waals surface area contributed by atoms with E-state index in [1.54, 1.807) is 60.4 Å². The van der Waals surface area contributed by atoms with E-state index in [-0.39, 0.29) is 11.3 Å². The summed E-state index contributed by atoms with van der Waals surface area (Å²) >= 11 is 0. The van der Waals surface area contributed by atoms with E-state index in [1.165, 1.54) is 22.7 Å². The number of benzene rings is 3. The van der Waals surface area contributed by atoms with Crippen LogP contribution in [0.25, 0.3) is 16.6 Å². The zero-order chi connectivity index (χ0) is 31.1. The number of carbonyl (C=O) groups is 2. The van der Waals surface area contributed by atoms with Crippen LogP contribution in [-0.2, 0) is 11.2 Å². The molecule has 43 heavy (non-hydrogen) atoms. The highest BCUT2D eigenvalue weighted by Gasteiger charge is 2.56. The van der Waals surface area contributed by atoms with E-state index in [9.17, 15) is 27.9 Å². The van der Waals surface area contributed by atoms with E-state index in [1.807, 2.05) is 12.1 Å². The van der Waals surface area contributed by atoms with Crippen molar-refractivity contribution in [1.29, 1.82) is 0 Å². The number of rotatable bonds is 9. The zero-order valence-electron chi connectivity index (χ0n) is 23.8. The third-order valence-electron chi connectivity index (χ3n) is 7.99. The molecule has 1 aliphatic rings. The third kappa shape index (κ3) is 5.74. The molecule has 0 bridgehead atoms. The van der Waals surface area contributed by atoms with E-state index in [2.05, 4.69) is 5.10 Å². The van der Waals surface area contributed by atoms with Gasteiger partial charge in [-0.1, -0.05) is 24.3 Å². The van der Waals surface area contributed by atoms with Crippen molar-refractivity contribution in [1.82, 2.24) is 9.78 Å². The molecule has 9 nitrogen and oxygen atoms in total. The van der Waals surface area contributed by atoms with Crippen LogP contribution in [0.2, 0.25) is 0 Å². The van der Waals surface area contributed by atoms with Gasteiger partial charge >= 0.3 is 6.18 Å². The molecular formula is C31H33F3N6O3. The van der Waals surface area contributed by atoms with Gasteiger partial charge in [0.15, 0.2) is 5.60 Å². The number of aryl methyl sites for hydroxylation is 2. The Balaban J connectivity index is 1.61. The second-order valence-corrected chi connectivity index (χ2v) is 11.1. The van der Waals surface area contributed by atoms with Crippen LogP contribution in [0.15, 0.2) is 66.9 Å². The van der Waals surface area contributed by atoms with Gasteiger partial charge < -0.3 is 26.4 Å². The Bertz CT molecular complexity index is 1690. The fourth-order valence-electron chi connectivity index (χ4n) is 5.67. The van der Waals surface area contributed by atoms with E-state index in [0.29, 0.717) is 40.8 Å². The number of β-amino-alcohol motifs (C(OH)–C–C–N with tert-alkyl or cyclic N) is 1. The lowest BCUT2D eigenvalue weighted by Crippen LogP contribution is -2.62. The molecule has 0 radical (unpaired) electrons. The minimum Gasteiger partial charge on any atom is -0.378 e. The third-order valence-corrected chi connectivity index (χ3v) is 7.99.